The predicted molar refractivity (Wildman–Crippen MR) is 70.0 cm³/mol. The van der Waals surface area contributed by atoms with Gasteiger partial charge in [0.05, 0.1) is 11.4 Å². The van der Waals surface area contributed by atoms with Crippen LogP contribution in [0.5, 0.6) is 0 Å². The SMILES string of the molecule is Cc1cc(C)c(N2CC(Br)CC2=O)c(N)c1. The Morgan fingerprint density at radius 1 is 1.44 bits per heavy atom. The Hall–Kier alpha value is -1.03. The number of nitrogens with two attached hydrogens (primary N) is 1. The Balaban J connectivity index is 2.44. The molecule has 1 aliphatic rings. The van der Waals surface area contributed by atoms with Crippen molar-refractivity contribution in [1.29, 1.82) is 0 Å². The zero-order chi connectivity index (χ0) is 11.9. The number of hydrogen-bond donors (Lipinski definition) is 1. The van der Waals surface area contributed by atoms with Gasteiger partial charge in [0.15, 0.2) is 0 Å². The highest BCUT2D eigenvalue weighted by atomic mass is 79.9. The molecule has 0 spiro atoms. The van der Waals surface area contributed by atoms with Crippen LogP contribution in [0.1, 0.15) is 17.5 Å². The van der Waals surface area contributed by atoms with Crippen LogP contribution < -0.4 is 10.6 Å². The first kappa shape index (κ1) is 11.5. The van der Waals surface area contributed by atoms with Crippen molar-refractivity contribution in [3.63, 3.8) is 0 Å². The lowest BCUT2D eigenvalue weighted by atomic mass is 10.1. The van der Waals surface area contributed by atoms with Crippen LogP contribution >= 0.6 is 15.9 Å². The van der Waals surface area contributed by atoms with Gasteiger partial charge in [0, 0.05) is 17.8 Å². The second kappa shape index (κ2) is 4.09. The molecule has 3 nitrogen and oxygen atoms in total. The molecule has 1 fully saturated rings. The third kappa shape index (κ3) is 1.94. The number of nitrogens with zero attached hydrogens (tertiary/aromatic N) is 1. The topological polar surface area (TPSA) is 46.3 Å². The average molecular weight is 283 g/mol. The summed E-state index contributed by atoms with van der Waals surface area (Å²) < 4.78 is 0. The third-order valence-corrected chi connectivity index (χ3v) is 3.44. The Labute approximate surface area is 104 Å². The van der Waals surface area contributed by atoms with E-state index in [0.717, 1.165) is 16.8 Å². The van der Waals surface area contributed by atoms with E-state index in [0.29, 0.717) is 18.7 Å². The monoisotopic (exact) mass is 282 g/mol. The normalized spacial score (nSPS) is 20.6. The Kier molecular flexibility index (Phi) is 2.93. The first-order valence-electron chi connectivity index (χ1n) is 5.30. The summed E-state index contributed by atoms with van der Waals surface area (Å²) in [5, 5.41) is 0. The molecule has 0 saturated carbocycles. The number of carbonyl (C=O) groups is 1. The van der Waals surface area contributed by atoms with Crippen LogP contribution in [-0.4, -0.2) is 17.3 Å². The van der Waals surface area contributed by atoms with Crippen molar-refractivity contribution >= 4 is 33.2 Å². The third-order valence-electron chi connectivity index (χ3n) is 2.82. The molecule has 0 aromatic heterocycles. The van der Waals surface area contributed by atoms with Crippen molar-refractivity contribution in [2.45, 2.75) is 25.1 Å². The maximum Gasteiger partial charge on any atom is 0.228 e. The second-order valence-corrected chi connectivity index (χ2v) is 5.62. The van der Waals surface area contributed by atoms with Gasteiger partial charge in [-0.15, -0.1) is 0 Å². The molecule has 4 heteroatoms. The fraction of sp³-hybridized carbons (Fsp3) is 0.417. The molecule has 2 N–H and O–H groups in total. The van der Waals surface area contributed by atoms with Crippen LogP contribution in [0.25, 0.3) is 0 Å². The summed E-state index contributed by atoms with van der Waals surface area (Å²) in [5.74, 6) is 0.139. The first-order chi connectivity index (χ1) is 7.49. The van der Waals surface area contributed by atoms with E-state index < -0.39 is 0 Å². The molecule has 1 unspecified atom stereocenters. The molecule has 16 heavy (non-hydrogen) atoms. The standard InChI is InChI=1S/C12H15BrN2O/c1-7-3-8(2)12(10(14)4-7)15-6-9(13)5-11(15)16/h3-4,9H,5-6,14H2,1-2H3. The zero-order valence-electron chi connectivity index (χ0n) is 9.46. The van der Waals surface area contributed by atoms with Crippen molar-refractivity contribution < 1.29 is 4.79 Å². The summed E-state index contributed by atoms with van der Waals surface area (Å²) in [6.45, 7) is 4.70. The number of anilines is 2. The van der Waals surface area contributed by atoms with Crippen molar-refractivity contribution in [2.24, 2.45) is 0 Å². The second-order valence-electron chi connectivity index (χ2n) is 4.33. The van der Waals surface area contributed by atoms with Gasteiger partial charge in [-0.2, -0.15) is 0 Å². The van der Waals surface area contributed by atoms with E-state index in [4.69, 9.17) is 5.73 Å². The van der Waals surface area contributed by atoms with E-state index in [2.05, 4.69) is 22.0 Å². The summed E-state index contributed by atoms with van der Waals surface area (Å²) in [7, 11) is 0. The van der Waals surface area contributed by atoms with Gasteiger partial charge < -0.3 is 10.6 Å². The van der Waals surface area contributed by atoms with Crippen molar-refractivity contribution in [1.82, 2.24) is 0 Å². The van der Waals surface area contributed by atoms with Gasteiger partial charge in [-0.3, -0.25) is 4.79 Å². The number of nitrogen functional groups attached to an aromatic ring is 1. The highest BCUT2D eigenvalue weighted by Gasteiger charge is 2.30. The quantitative estimate of drug-likeness (QED) is 0.635. The first-order valence-corrected chi connectivity index (χ1v) is 6.21. The lowest BCUT2D eigenvalue weighted by Crippen LogP contribution is -2.26. The summed E-state index contributed by atoms with van der Waals surface area (Å²) in [6, 6.07) is 3.97. The fourth-order valence-corrected chi connectivity index (χ4v) is 2.81. The number of benzene rings is 1. The van der Waals surface area contributed by atoms with Gasteiger partial charge in [-0.25, -0.2) is 0 Å². The Morgan fingerprint density at radius 3 is 2.62 bits per heavy atom. The van der Waals surface area contributed by atoms with Gasteiger partial charge in [-0.1, -0.05) is 22.0 Å². The Bertz CT molecular complexity index is 422. The fourth-order valence-electron chi connectivity index (χ4n) is 2.24. The van der Waals surface area contributed by atoms with E-state index in [9.17, 15) is 4.79 Å². The number of alkyl halides is 1. The van der Waals surface area contributed by atoms with E-state index in [-0.39, 0.29) is 10.7 Å². The number of carbonyl (C=O) groups excluding carboxylic acids is 1. The number of rotatable bonds is 1. The molecule has 1 aliphatic heterocycles. The summed E-state index contributed by atoms with van der Waals surface area (Å²) in [6.07, 6.45) is 0.548. The van der Waals surface area contributed by atoms with E-state index in [1.54, 1.807) is 4.90 Å². The molecule has 1 aromatic carbocycles. The lowest BCUT2D eigenvalue weighted by molar-refractivity contribution is -0.117. The van der Waals surface area contributed by atoms with Crippen LogP contribution in [0.15, 0.2) is 12.1 Å². The highest BCUT2D eigenvalue weighted by molar-refractivity contribution is 9.09. The number of halogens is 1. The molecule has 0 bridgehead atoms. The molecule has 1 atom stereocenters. The van der Waals surface area contributed by atoms with Gasteiger partial charge in [0.2, 0.25) is 5.91 Å². The Morgan fingerprint density at radius 2 is 2.12 bits per heavy atom. The average Bonchev–Trinajstić information content (AvgIpc) is 2.43. The van der Waals surface area contributed by atoms with Crippen molar-refractivity contribution in [3.05, 3.63) is 23.3 Å². The zero-order valence-corrected chi connectivity index (χ0v) is 11.0. The van der Waals surface area contributed by atoms with Crippen molar-refractivity contribution in [2.75, 3.05) is 17.2 Å². The predicted octanol–water partition coefficient (Wildman–Crippen LogP) is 2.39. The molecule has 86 valence electrons. The maximum atomic E-state index is 11.8. The van der Waals surface area contributed by atoms with Crippen LogP contribution in [-0.2, 0) is 4.79 Å². The van der Waals surface area contributed by atoms with Crippen LogP contribution in [0, 0.1) is 13.8 Å². The minimum absolute atomic E-state index is 0.139. The number of hydrogen-bond acceptors (Lipinski definition) is 2. The molecular weight excluding hydrogens is 268 g/mol. The van der Waals surface area contributed by atoms with Crippen molar-refractivity contribution in [3.8, 4) is 0 Å². The van der Waals surface area contributed by atoms with Crippen LogP contribution in [0.2, 0.25) is 0 Å². The highest BCUT2D eigenvalue weighted by Crippen LogP contribution is 2.33. The molecular formula is C12H15BrN2O. The van der Waals surface area contributed by atoms with Crippen LogP contribution in [0.4, 0.5) is 11.4 Å². The summed E-state index contributed by atoms with van der Waals surface area (Å²) >= 11 is 3.48. The maximum absolute atomic E-state index is 11.8. The molecule has 2 rings (SSSR count). The smallest absolute Gasteiger partial charge is 0.228 e. The van der Waals surface area contributed by atoms with E-state index in [1.807, 2.05) is 19.9 Å². The molecule has 1 saturated heterocycles. The van der Waals surface area contributed by atoms with E-state index in [1.165, 1.54) is 0 Å². The summed E-state index contributed by atoms with van der Waals surface area (Å²) in [4.78, 5) is 13.8. The molecule has 0 radical (unpaired) electrons. The minimum Gasteiger partial charge on any atom is -0.397 e. The van der Waals surface area contributed by atoms with Crippen LogP contribution in [0.3, 0.4) is 0 Å². The number of amides is 1. The van der Waals surface area contributed by atoms with Gasteiger partial charge >= 0.3 is 0 Å². The lowest BCUT2D eigenvalue weighted by Gasteiger charge is -2.21. The number of aryl methyl sites for hydroxylation is 2. The molecule has 1 heterocycles. The minimum atomic E-state index is 0.139. The van der Waals surface area contributed by atoms with Gasteiger partial charge in [0.25, 0.3) is 0 Å². The van der Waals surface area contributed by atoms with E-state index >= 15 is 0 Å². The van der Waals surface area contributed by atoms with Gasteiger partial charge in [-0.05, 0) is 31.0 Å². The molecule has 0 aliphatic carbocycles. The summed E-state index contributed by atoms with van der Waals surface area (Å²) in [5.41, 5.74) is 9.75. The molecule has 1 aromatic rings. The largest absolute Gasteiger partial charge is 0.397 e. The molecule has 1 amide bonds. The van der Waals surface area contributed by atoms with Gasteiger partial charge in [0.1, 0.15) is 0 Å².